The van der Waals surface area contributed by atoms with Crippen molar-refractivity contribution in [1.82, 2.24) is 0 Å². The highest BCUT2D eigenvalue weighted by Crippen LogP contribution is 2.34. The maximum Gasteiger partial charge on any atom is 0.416 e. The van der Waals surface area contributed by atoms with Crippen molar-refractivity contribution < 1.29 is 18.3 Å². The van der Waals surface area contributed by atoms with Gasteiger partial charge in [0.2, 0.25) is 0 Å². The van der Waals surface area contributed by atoms with Crippen LogP contribution in [-0.4, -0.2) is 5.11 Å². The van der Waals surface area contributed by atoms with Gasteiger partial charge < -0.3 is 10.8 Å². The average Bonchev–Trinajstić information content (AvgIpc) is 2.38. The molecule has 1 atom stereocenters. The maximum atomic E-state index is 12.6. The molecule has 0 amide bonds. The Balaban J connectivity index is 2.45. The molecule has 0 heterocycles. The van der Waals surface area contributed by atoms with Crippen molar-refractivity contribution in [2.24, 2.45) is 0 Å². The van der Waals surface area contributed by atoms with Crippen LogP contribution < -0.4 is 5.73 Å². The largest absolute Gasteiger partial charge is 0.416 e. The molecule has 0 aliphatic rings. The lowest BCUT2D eigenvalue weighted by Gasteiger charge is -2.16. The second kappa shape index (κ2) is 4.93. The molecule has 100 valence electrons. The monoisotopic (exact) mass is 267 g/mol. The van der Waals surface area contributed by atoms with E-state index in [9.17, 15) is 18.3 Å². The summed E-state index contributed by atoms with van der Waals surface area (Å²) in [4.78, 5) is 0. The van der Waals surface area contributed by atoms with Crippen molar-refractivity contribution in [3.05, 3.63) is 65.2 Å². The van der Waals surface area contributed by atoms with Crippen LogP contribution in [0.4, 0.5) is 18.9 Å². The Morgan fingerprint density at radius 1 is 1.00 bits per heavy atom. The number of alkyl halides is 3. The normalized spacial score (nSPS) is 13.3. The first kappa shape index (κ1) is 13.4. The summed E-state index contributed by atoms with van der Waals surface area (Å²) in [6.07, 6.45) is -5.64. The van der Waals surface area contributed by atoms with Gasteiger partial charge in [0.05, 0.1) is 5.56 Å². The fraction of sp³-hybridized carbons (Fsp3) is 0.143. The van der Waals surface area contributed by atoms with Crippen LogP contribution in [0.15, 0.2) is 48.5 Å². The number of rotatable bonds is 2. The van der Waals surface area contributed by atoms with Gasteiger partial charge in [-0.25, -0.2) is 0 Å². The van der Waals surface area contributed by atoms with Crippen LogP contribution in [0.3, 0.4) is 0 Å². The van der Waals surface area contributed by atoms with Gasteiger partial charge >= 0.3 is 6.18 Å². The Morgan fingerprint density at radius 2 is 1.63 bits per heavy atom. The maximum absolute atomic E-state index is 12.6. The zero-order valence-electron chi connectivity index (χ0n) is 9.85. The van der Waals surface area contributed by atoms with E-state index in [-0.39, 0.29) is 11.3 Å². The Kier molecular flexibility index (Phi) is 3.48. The Labute approximate surface area is 108 Å². The molecule has 0 aliphatic carbocycles. The number of hydrogen-bond acceptors (Lipinski definition) is 2. The number of halogens is 3. The molecule has 3 N–H and O–H groups in total. The number of anilines is 1. The summed E-state index contributed by atoms with van der Waals surface area (Å²) >= 11 is 0. The summed E-state index contributed by atoms with van der Waals surface area (Å²) in [6.45, 7) is 0. The number of aliphatic hydroxyl groups excluding tert-OH is 1. The van der Waals surface area contributed by atoms with Crippen molar-refractivity contribution in [1.29, 1.82) is 0 Å². The third-order valence-electron chi connectivity index (χ3n) is 2.82. The van der Waals surface area contributed by atoms with Gasteiger partial charge in [-0.15, -0.1) is 0 Å². The predicted octanol–water partition coefficient (Wildman–Crippen LogP) is 3.37. The molecule has 0 aromatic heterocycles. The summed E-state index contributed by atoms with van der Waals surface area (Å²) in [7, 11) is 0. The number of nitrogens with two attached hydrogens (primary N) is 1. The van der Waals surface area contributed by atoms with E-state index in [1.807, 2.05) is 0 Å². The van der Waals surface area contributed by atoms with E-state index < -0.39 is 17.8 Å². The van der Waals surface area contributed by atoms with Crippen LogP contribution in [0.1, 0.15) is 22.8 Å². The molecule has 2 rings (SSSR count). The van der Waals surface area contributed by atoms with Gasteiger partial charge in [0.15, 0.2) is 0 Å². The van der Waals surface area contributed by atoms with Crippen molar-refractivity contribution >= 4 is 5.69 Å². The van der Waals surface area contributed by atoms with E-state index in [2.05, 4.69) is 0 Å². The van der Waals surface area contributed by atoms with E-state index in [0.717, 1.165) is 18.2 Å². The lowest BCUT2D eigenvalue weighted by Crippen LogP contribution is -2.09. The highest BCUT2D eigenvalue weighted by atomic mass is 19.4. The van der Waals surface area contributed by atoms with Gasteiger partial charge in [0, 0.05) is 11.3 Å². The van der Waals surface area contributed by atoms with Gasteiger partial charge in [0.25, 0.3) is 0 Å². The van der Waals surface area contributed by atoms with Crippen molar-refractivity contribution in [2.45, 2.75) is 12.3 Å². The summed E-state index contributed by atoms with van der Waals surface area (Å²) < 4.78 is 37.9. The minimum absolute atomic E-state index is 0.0565. The third-order valence-corrected chi connectivity index (χ3v) is 2.82. The van der Waals surface area contributed by atoms with Gasteiger partial charge in [-0.05, 0) is 23.8 Å². The third kappa shape index (κ3) is 2.88. The second-order valence-corrected chi connectivity index (χ2v) is 4.15. The fourth-order valence-electron chi connectivity index (χ4n) is 1.80. The van der Waals surface area contributed by atoms with E-state index in [1.165, 1.54) is 0 Å². The number of aliphatic hydroxyl groups is 1. The minimum atomic E-state index is -4.46. The van der Waals surface area contributed by atoms with Gasteiger partial charge in [-0.3, -0.25) is 0 Å². The zero-order valence-corrected chi connectivity index (χ0v) is 9.85. The first-order chi connectivity index (χ1) is 8.89. The highest BCUT2D eigenvalue weighted by Gasteiger charge is 2.31. The molecule has 2 nitrogen and oxygen atoms in total. The predicted molar refractivity (Wildman–Crippen MR) is 66.4 cm³/mol. The fourth-order valence-corrected chi connectivity index (χ4v) is 1.80. The van der Waals surface area contributed by atoms with Crippen molar-refractivity contribution in [2.75, 3.05) is 5.73 Å². The first-order valence-corrected chi connectivity index (χ1v) is 5.59. The zero-order chi connectivity index (χ0) is 14.0. The van der Waals surface area contributed by atoms with Gasteiger partial charge in [-0.1, -0.05) is 30.3 Å². The second-order valence-electron chi connectivity index (χ2n) is 4.15. The average molecular weight is 267 g/mol. The highest BCUT2D eigenvalue weighted by molar-refractivity contribution is 5.52. The van der Waals surface area contributed by atoms with Crippen LogP contribution >= 0.6 is 0 Å². The Hall–Kier alpha value is -2.01. The van der Waals surface area contributed by atoms with Crippen LogP contribution in [0, 0.1) is 0 Å². The molecule has 1 unspecified atom stereocenters. The number of nitrogen functional groups attached to an aromatic ring is 1. The van der Waals surface area contributed by atoms with Crippen LogP contribution in [0.25, 0.3) is 0 Å². The molecule has 0 bridgehead atoms. The molecule has 0 radical (unpaired) electrons. The number of hydrogen-bond donors (Lipinski definition) is 2. The molecule has 0 saturated heterocycles. The lowest BCUT2D eigenvalue weighted by atomic mass is 9.98. The summed E-state index contributed by atoms with van der Waals surface area (Å²) in [5.41, 5.74) is 5.50. The minimum Gasteiger partial charge on any atom is -0.398 e. The van der Waals surface area contributed by atoms with Crippen LogP contribution in [0.2, 0.25) is 0 Å². The summed E-state index contributed by atoms with van der Waals surface area (Å²) in [5, 5.41) is 10.1. The quantitative estimate of drug-likeness (QED) is 0.819. The molecule has 0 aliphatic heterocycles. The summed E-state index contributed by atoms with van der Waals surface area (Å²) in [6, 6.07) is 11.3. The van der Waals surface area contributed by atoms with E-state index in [1.54, 1.807) is 30.3 Å². The summed E-state index contributed by atoms with van der Waals surface area (Å²) in [5.74, 6) is 0. The number of benzene rings is 2. The molecule has 2 aromatic carbocycles. The molecule has 2 aromatic rings. The van der Waals surface area contributed by atoms with Crippen LogP contribution in [-0.2, 0) is 6.18 Å². The van der Waals surface area contributed by atoms with Gasteiger partial charge in [-0.2, -0.15) is 13.2 Å². The molecular formula is C14H12F3NO. The Bertz CT molecular complexity index is 567. The SMILES string of the molecule is Nc1ccc(C(F)(F)F)cc1C(O)c1ccccc1. The first-order valence-electron chi connectivity index (χ1n) is 5.59. The Morgan fingerprint density at radius 3 is 2.21 bits per heavy atom. The van der Waals surface area contributed by atoms with Crippen molar-refractivity contribution in [3.8, 4) is 0 Å². The molecule has 0 saturated carbocycles. The molecule has 0 fully saturated rings. The van der Waals surface area contributed by atoms with E-state index in [0.29, 0.717) is 5.56 Å². The molecule has 19 heavy (non-hydrogen) atoms. The standard InChI is InChI=1S/C14H12F3NO/c15-14(16,17)10-6-7-12(18)11(8-10)13(19)9-4-2-1-3-5-9/h1-8,13,19H,18H2. The molecular weight excluding hydrogens is 255 g/mol. The van der Waals surface area contributed by atoms with Crippen molar-refractivity contribution in [3.63, 3.8) is 0 Å². The van der Waals surface area contributed by atoms with Gasteiger partial charge in [0.1, 0.15) is 6.10 Å². The lowest BCUT2D eigenvalue weighted by molar-refractivity contribution is -0.137. The van der Waals surface area contributed by atoms with E-state index >= 15 is 0 Å². The molecule has 0 spiro atoms. The topological polar surface area (TPSA) is 46.2 Å². The molecule has 5 heteroatoms. The van der Waals surface area contributed by atoms with E-state index in [4.69, 9.17) is 5.73 Å². The smallest absolute Gasteiger partial charge is 0.398 e. The van der Waals surface area contributed by atoms with Crippen LogP contribution in [0.5, 0.6) is 0 Å².